The van der Waals surface area contributed by atoms with E-state index < -0.39 is 0 Å². The Balaban J connectivity index is 2.60. The molecule has 0 unspecified atom stereocenters. The van der Waals surface area contributed by atoms with Crippen LogP contribution in [0, 0.1) is 12.8 Å². The van der Waals surface area contributed by atoms with Gasteiger partial charge in [-0.25, -0.2) is 4.68 Å². The molecule has 3 nitrogen and oxygen atoms in total. The van der Waals surface area contributed by atoms with E-state index in [0.717, 1.165) is 23.2 Å². The van der Waals surface area contributed by atoms with Gasteiger partial charge in [-0.2, -0.15) is 5.10 Å². The van der Waals surface area contributed by atoms with Gasteiger partial charge in [0.1, 0.15) is 0 Å². The number of aromatic nitrogens is 2. The number of aromatic hydroxyl groups is 1. The van der Waals surface area contributed by atoms with Gasteiger partial charge in [-0.3, -0.25) is 0 Å². The van der Waals surface area contributed by atoms with Gasteiger partial charge in [-0.05, 0) is 40.0 Å². The summed E-state index contributed by atoms with van der Waals surface area (Å²) in [5.41, 5.74) is 3.90. The van der Waals surface area contributed by atoms with E-state index in [1.165, 1.54) is 5.56 Å². The summed E-state index contributed by atoms with van der Waals surface area (Å²) in [4.78, 5) is 0. The first-order valence-corrected chi connectivity index (χ1v) is 7.58. The summed E-state index contributed by atoms with van der Waals surface area (Å²) in [6.07, 6.45) is 0.825. The zero-order valence-corrected chi connectivity index (χ0v) is 13.9. The Bertz CT molecular complexity index is 616. The molecule has 1 aromatic heterocycles. The predicted octanol–water partition coefficient (Wildman–Crippen LogP) is 4.52. The molecule has 0 aliphatic heterocycles. The van der Waals surface area contributed by atoms with Gasteiger partial charge in [0, 0.05) is 11.1 Å². The maximum atomic E-state index is 10.6. The average molecular weight is 286 g/mol. The first-order chi connectivity index (χ1) is 9.70. The summed E-state index contributed by atoms with van der Waals surface area (Å²) in [5.74, 6) is 0.768. The third-order valence-electron chi connectivity index (χ3n) is 3.53. The minimum Gasteiger partial charge on any atom is -0.493 e. The summed E-state index contributed by atoms with van der Waals surface area (Å²) in [6.45, 7) is 12.6. The molecule has 1 aromatic carbocycles. The molecule has 1 N–H and O–H groups in total. The quantitative estimate of drug-likeness (QED) is 0.901. The van der Waals surface area contributed by atoms with E-state index in [0.29, 0.717) is 11.8 Å². The second-order valence-corrected chi connectivity index (χ2v) is 7.20. The van der Waals surface area contributed by atoms with Crippen molar-refractivity contribution in [2.24, 2.45) is 5.92 Å². The molecule has 0 saturated heterocycles. The molecular formula is C18H26N2O. The van der Waals surface area contributed by atoms with Crippen LogP contribution in [0.2, 0.25) is 0 Å². The van der Waals surface area contributed by atoms with Crippen LogP contribution in [0.4, 0.5) is 0 Å². The standard InChI is InChI=1S/C18H26N2O/c1-12(2)11-15-16(14-9-7-13(3)8-10-14)19-20(17(15)21)18(4,5)6/h7-10,12,21H,11H2,1-6H3. The van der Waals surface area contributed by atoms with Gasteiger partial charge in [0.15, 0.2) is 0 Å². The average Bonchev–Trinajstić information content (AvgIpc) is 2.67. The molecule has 0 bridgehead atoms. The van der Waals surface area contributed by atoms with Gasteiger partial charge in [0.25, 0.3) is 0 Å². The van der Waals surface area contributed by atoms with Crippen LogP contribution in [0.3, 0.4) is 0 Å². The van der Waals surface area contributed by atoms with E-state index >= 15 is 0 Å². The van der Waals surface area contributed by atoms with Crippen LogP contribution in [0.5, 0.6) is 5.88 Å². The molecule has 0 aliphatic rings. The Morgan fingerprint density at radius 3 is 2.19 bits per heavy atom. The van der Waals surface area contributed by atoms with Crippen LogP contribution in [-0.2, 0) is 12.0 Å². The van der Waals surface area contributed by atoms with Crippen molar-refractivity contribution in [3.05, 3.63) is 35.4 Å². The van der Waals surface area contributed by atoms with Crippen LogP contribution in [-0.4, -0.2) is 14.9 Å². The molecule has 114 valence electrons. The minimum atomic E-state index is -0.237. The molecule has 0 atom stereocenters. The third-order valence-corrected chi connectivity index (χ3v) is 3.53. The van der Waals surface area contributed by atoms with Crippen molar-refractivity contribution in [1.82, 2.24) is 9.78 Å². The number of aryl methyl sites for hydroxylation is 1. The molecule has 0 saturated carbocycles. The summed E-state index contributed by atoms with van der Waals surface area (Å²) in [5, 5.41) is 15.3. The first kappa shape index (κ1) is 15.6. The molecule has 0 spiro atoms. The van der Waals surface area contributed by atoms with Crippen LogP contribution in [0.1, 0.15) is 45.7 Å². The Labute approximate surface area is 127 Å². The van der Waals surface area contributed by atoms with Crippen molar-refractivity contribution in [3.63, 3.8) is 0 Å². The number of nitrogens with zero attached hydrogens (tertiary/aromatic N) is 2. The lowest BCUT2D eigenvalue weighted by Gasteiger charge is -2.20. The lowest BCUT2D eigenvalue weighted by atomic mass is 9.99. The second kappa shape index (κ2) is 5.55. The SMILES string of the molecule is Cc1ccc(-c2nn(C(C)(C)C)c(O)c2CC(C)C)cc1. The Morgan fingerprint density at radius 1 is 1.14 bits per heavy atom. The molecule has 2 rings (SSSR count). The fourth-order valence-electron chi connectivity index (χ4n) is 2.45. The van der Waals surface area contributed by atoms with Gasteiger partial charge >= 0.3 is 0 Å². The zero-order valence-electron chi connectivity index (χ0n) is 13.9. The summed E-state index contributed by atoms with van der Waals surface area (Å²) in [6, 6.07) is 8.32. The molecule has 21 heavy (non-hydrogen) atoms. The summed E-state index contributed by atoms with van der Waals surface area (Å²) < 4.78 is 1.74. The maximum Gasteiger partial charge on any atom is 0.213 e. The van der Waals surface area contributed by atoms with Crippen LogP contribution in [0.15, 0.2) is 24.3 Å². The van der Waals surface area contributed by atoms with E-state index in [2.05, 4.69) is 65.8 Å². The second-order valence-electron chi connectivity index (χ2n) is 7.20. The Morgan fingerprint density at radius 2 is 1.71 bits per heavy atom. The number of benzene rings is 1. The normalized spacial score (nSPS) is 12.1. The van der Waals surface area contributed by atoms with Crippen LogP contribution in [0.25, 0.3) is 11.3 Å². The van der Waals surface area contributed by atoms with E-state index in [1.54, 1.807) is 4.68 Å². The zero-order chi connectivity index (χ0) is 15.8. The van der Waals surface area contributed by atoms with Gasteiger partial charge in [-0.1, -0.05) is 43.7 Å². The van der Waals surface area contributed by atoms with Gasteiger partial charge in [0.2, 0.25) is 5.88 Å². The van der Waals surface area contributed by atoms with Crippen molar-refractivity contribution in [1.29, 1.82) is 0 Å². The fraction of sp³-hybridized carbons (Fsp3) is 0.500. The molecular weight excluding hydrogens is 260 g/mol. The highest BCUT2D eigenvalue weighted by Gasteiger charge is 2.25. The highest BCUT2D eigenvalue weighted by atomic mass is 16.3. The first-order valence-electron chi connectivity index (χ1n) is 7.58. The number of hydrogen-bond donors (Lipinski definition) is 1. The van der Waals surface area contributed by atoms with Crippen LogP contribution < -0.4 is 0 Å². The number of rotatable bonds is 3. The molecule has 1 heterocycles. The van der Waals surface area contributed by atoms with Gasteiger partial charge in [-0.15, -0.1) is 0 Å². The smallest absolute Gasteiger partial charge is 0.213 e. The lowest BCUT2D eigenvalue weighted by Crippen LogP contribution is -2.22. The molecule has 0 aliphatic carbocycles. The topological polar surface area (TPSA) is 38.0 Å². The highest BCUT2D eigenvalue weighted by molar-refractivity contribution is 5.65. The van der Waals surface area contributed by atoms with E-state index in [1.807, 2.05) is 0 Å². The predicted molar refractivity (Wildman–Crippen MR) is 87.6 cm³/mol. The van der Waals surface area contributed by atoms with E-state index in [4.69, 9.17) is 5.10 Å². The molecule has 2 aromatic rings. The van der Waals surface area contributed by atoms with Crippen LogP contribution >= 0.6 is 0 Å². The van der Waals surface area contributed by atoms with E-state index in [9.17, 15) is 5.11 Å². The maximum absolute atomic E-state index is 10.6. The highest BCUT2D eigenvalue weighted by Crippen LogP contribution is 2.35. The molecule has 0 fully saturated rings. The summed E-state index contributed by atoms with van der Waals surface area (Å²) >= 11 is 0. The minimum absolute atomic E-state index is 0.237. The Hall–Kier alpha value is -1.77. The number of hydrogen-bond acceptors (Lipinski definition) is 2. The van der Waals surface area contributed by atoms with Crippen molar-refractivity contribution in [3.8, 4) is 17.1 Å². The van der Waals surface area contributed by atoms with Crippen molar-refractivity contribution < 1.29 is 5.11 Å². The molecule has 3 heteroatoms. The van der Waals surface area contributed by atoms with Gasteiger partial charge < -0.3 is 5.11 Å². The molecule has 0 amide bonds. The van der Waals surface area contributed by atoms with Gasteiger partial charge in [0.05, 0.1) is 11.2 Å². The van der Waals surface area contributed by atoms with Crippen molar-refractivity contribution >= 4 is 0 Å². The fourth-order valence-corrected chi connectivity index (χ4v) is 2.45. The summed E-state index contributed by atoms with van der Waals surface area (Å²) in [7, 11) is 0. The van der Waals surface area contributed by atoms with Crippen molar-refractivity contribution in [2.45, 2.75) is 53.5 Å². The third kappa shape index (κ3) is 3.29. The monoisotopic (exact) mass is 286 g/mol. The largest absolute Gasteiger partial charge is 0.493 e. The van der Waals surface area contributed by atoms with E-state index in [-0.39, 0.29) is 5.54 Å². The molecule has 0 radical (unpaired) electrons. The Kier molecular flexibility index (Phi) is 4.13. The van der Waals surface area contributed by atoms with Crippen molar-refractivity contribution in [2.75, 3.05) is 0 Å². The lowest BCUT2D eigenvalue weighted by molar-refractivity contribution is 0.293.